The van der Waals surface area contributed by atoms with E-state index in [1.54, 1.807) is 0 Å². The monoisotopic (exact) mass is 249 g/mol. The van der Waals surface area contributed by atoms with Crippen molar-refractivity contribution in [2.24, 2.45) is 0 Å². The molecule has 2 saturated heterocycles. The quantitative estimate of drug-likeness (QED) is 0.558. The molecule has 0 aromatic heterocycles. The Bertz CT molecular complexity index is 212. The lowest BCUT2D eigenvalue weighted by Crippen LogP contribution is -2.50. The highest BCUT2D eigenvalue weighted by Gasteiger charge is 2.25. The third kappa shape index (κ3) is 3.93. The molecule has 95 valence electrons. The van der Waals surface area contributed by atoms with Crippen molar-refractivity contribution in [3.63, 3.8) is 0 Å². The van der Waals surface area contributed by atoms with Gasteiger partial charge >= 0.3 is 0 Å². The van der Waals surface area contributed by atoms with Gasteiger partial charge in [0.2, 0.25) is 0 Å². The van der Waals surface area contributed by atoms with Crippen LogP contribution in [0.1, 0.15) is 38.5 Å². The smallest absolute Gasteiger partial charge is 0.0814 e. The summed E-state index contributed by atoms with van der Waals surface area (Å²) >= 11 is 0. The van der Waals surface area contributed by atoms with Gasteiger partial charge in [0.15, 0.2) is 0 Å². The maximum atomic E-state index is 3.55. The zero-order valence-electron chi connectivity index (χ0n) is 10.9. The van der Waals surface area contributed by atoms with Crippen molar-refractivity contribution in [1.82, 2.24) is 9.80 Å². The van der Waals surface area contributed by atoms with Gasteiger partial charge in [0, 0.05) is 10.2 Å². The lowest BCUT2D eigenvalue weighted by molar-refractivity contribution is 0.0474. The number of hydrogen-bond acceptors (Lipinski definition) is 2. The first kappa shape index (κ1) is 13.3. The fraction of sp³-hybridized carbons (Fsp3) is 0.857. The number of piperidine rings is 2. The minimum absolute atomic E-state index is 0.562. The molecule has 2 aliphatic rings. The van der Waals surface area contributed by atoms with Crippen LogP contribution in [0.5, 0.6) is 0 Å². The van der Waals surface area contributed by atoms with Crippen molar-refractivity contribution < 1.29 is 0 Å². The van der Waals surface area contributed by atoms with Crippen LogP contribution in [-0.4, -0.2) is 52.4 Å². The molecule has 17 heavy (non-hydrogen) atoms. The Kier molecular flexibility index (Phi) is 5.75. The summed E-state index contributed by atoms with van der Waals surface area (Å²) < 4.78 is 0. The highest BCUT2D eigenvalue weighted by atomic mass is 28.1. The van der Waals surface area contributed by atoms with Crippen LogP contribution in [0.2, 0.25) is 6.04 Å². The number of likely N-dealkylation sites (tertiary alicyclic amines) is 2. The Balaban J connectivity index is 1.97. The first-order chi connectivity index (χ1) is 8.42. The van der Waals surface area contributed by atoms with Crippen molar-refractivity contribution in [2.45, 2.75) is 50.7 Å². The highest BCUT2D eigenvalue weighted by Crippen LogP contribution is 2.20. The lowest BCUT2D eigenvalue weighted by atomic mass is 10.1. The van der Waals surface area contributed by atoms with Crippen molar-refractivity contribution in [3.8, 4) is 0 Å². The summed E-state index contributed by atoms with van der Waals surface area (Å²) in [5, 5.41) is 0. The van der Waals surface area contributed by atoms with Gasteiger partial charge in [-0.05, 0) is 57.9 Å². The van der Waals surface area contributed by atoms with Crippen LogP contribution in [0.15, 0.2) is 12.2 Å². The van der Waals surface area contributed by atoms with E-state index >= 15 is 0 Å². The summed E-state index contributed by atoms with van der Waals surface area (Å²) in [5.41, 5.74) is 0. The summed E-state index contributed by atoms with van der Waals surface area (Å²) in [5.74, 6) is 0. The number of hydrogen-bond donors (Lipinski definition) is 0. The van der Waals surface area contributed by atoms with E-state index in [1.807, 2.05) is 0 Å². The molecule has 0 saturated carbocycles. The molecule has 2 nitrogen and oxygen atoms in total. The van der Waals surface area contributed by atoms with Gasteiger partial charge in [0.1, 0.15) is 0 Å². The second kappa shape index (κ2) is 7.34. The Hall–Kier alpha value is -0.123. The van der Waals surface area contributed by atoms with Crippen molar-refractivity contribution in [1.29, 1.82) is 0 Å². The molecule has 0 atom stereocenters. The molecule has 2 aliphatic heterocycles. The fourth-order valence-corrected chi connectivity index (χ4v) is 3.17. The molecular weight excluding hydrogens is 224 g/mol. The average molecular weight is 249 g/mol. The molecule has 2 heterocycles. The third-order valence-electron chi connectivity index (χ3n) is 3.96. The molecule has 0 bridgehead atoms. The van der Waals surface area contributed by atoms with E-state index in [0.717, 1.165) is 6.04 Å². The summed E-state index contributed by atoms with van der Waals surface area (Å²) in [4.78, 5) is 5.35. The zero-order chi connectivity index (χ0) is 11.9. The summed E-state index contributed by atoms with van der Waals surface area (Å²) in [6.45, 7) is 5.14. The standard InChI is InChI=1S/C14H25N2Si/c17-13-7-8-14(15-9-3-1-4-10-15)16-11-5-2-6-12-16/h7-8,14H,1-6,9-13H2. The van der Waals surface area contributed by atoms with E-state index in [4.69, 9.17) is 0 Å². The van der Waals surface area contributed by atoms with Crippen LogP contribution in [-0.2, 0) is 0 Å². The summed E-state index contributed by atoms with van der Waals surface area (Å²) in [6.07, 6.45) is 13.6. The Morgan fingerprint density at radius 1 is 0.824 bits per heavy atom. The van der Waals surface area contributed by atoms with Crippen LogP contribution in [0.4, 0.5) is 0 Å². The normalized spacial score (nSPS) is 24.8. The summed E-state index contributed by atoms with van der Waals surface area (Å²) in [6, 6.07) is 0.970. The molecule has 0 N–H and O–H groups in total. The first-order valence-electron chi connectivity index (χ1n) is 7.21. The molecule has 0 aliphatic carbocycles. The van der Waals surface area contributed by atoms with E-state index in [1.165, 1.54) is 64.7 Å². The van der Waals surface area contributed by atoms with Gasteiger partial charge in [-0.1, -0.05) is 25.0 Å². The molecule has 2 fully saturated rings. The topological polar surface area (TPSA) is 6.48 Å². The van der Waals surface area contributed by atoms with E-state index in [0.29, 0.717) is 6.17 Å². The molecule has 2 rings (SSSR count). The van der Waals surface area contributed by atoms with Gasteiger partial charge in [-0.2, -0.15) is 0 Å². The fourth-order valence-electron chi connectivity index (χ4n) is 3.03. The SMILES string of the molecule is [Si]CC=CC(N1CCCCC1)N1CCCCC1. The van der Waals surface area contributed by atoms with Crippen molar-refractivity contribution >= 4 is 10.2 Å². The van der Waals surface area contributed by atoms with Crippen LogP contribution < -0.4 is 0 Å². The minimum atomic E-state index is 0.562. The molecule has 0 unspecified atom stereocenters. The van der Waals surface area contributed by atoms with Gasteiger partial charge in [-0.25, -0.2) is 0 Å². The van der Waals surface area contributed by atoms with E-state index in [9.17, 15) is 0 Å². The van der Waals surface area contributed by atoms with Crippen molar-refractivity contribution in [2.75, 3.05) is 26.2 Å². The number of allylic oxidation sites excluding steroid dienone is 1. The van der Waals surface area contributed by atoms with Crippen LogP contribution >= 0.6 is 0 Å². The first-order valence-corrected chi connectivity index (χ1v) is 7.92. The van der Waals surface area contributed by atoms with Gasteiger partial charge in [0.05, 0.1) is 6.17 Å². The molecular formula is C14H25N2Si. The maximum Gasteiger partial charge on any atom is 0.0814 e. The van der Waals surface area contributed by atoms with Crippen LogP contribution in [0, 0.1) is 0 Å². The van der Waals surface area contributed by atoms with E-state index in [2.05, 4.69) is 32.2 Å². The molecule has 0 spiro atoms. The second-order valence-corrected chi connectivity index (χ2v) is 5.65. The lowest BCUT2D eigenvalue weighted by Gasteiger charge is -2.41. The predicted molar refractivity (Wildman–Crippen MR) is 74.3 cm³/mol. The Morgan fingerprint density at radius 3 is 1.71 bits per heavy atom. The second-order valence-electron chi connectivity index (χ2n) is 5.24. The highest BCUT2D eigenvalue weighted by molar-refractivity contribution is 6.09. The van der Waals surface area contributed by atoms with Crippen LogP contribution in [0.25, 0.3) is 0 Å². The Morgan fingerprint density at radius 2 is 1.29 bits per heavy atom. The van der Waals surface area contributed by atoms with Gasteiger partial charge in [-0.3, -0.25) is 9.80 Å². The third-order valence-corrected chi connectivity index (χ3v) is 4.19. The minimum Gasteiger partial charge on any atom is -0.285 e. The van der Waals surface area contributed by atoms with E-state index < -0.39 is 0 Å². The number of rotatable bonds is 4. The Labute approximate surface area is 109 Å². The average Bonchev–Trinajstić information content (AvgIpc) is 2.42. The van der Waals surface area contributed by atoms with E-state index in [-0.39, 0.29) is 0 Å². The molecule has 0 aromatic carbocycles. The zero-order valence-corrected chi connectivity index (χ0v) is 11.9. The molecule has 3 radical (unpaired) electrons. The van der Waals surface area contributed by atoms with Gasteiger partial charge in [-0.15, -0.1) is 0 Å². The predicted octanol–water partition coefficient (Wildman–Crippen LogP) is 2.43. The van der Waals surface area contributed by atoms with Crippen LogP contribution in [0.3, 0.4) is 0 Å². The molecule has 0 amide bonds. The van der Waals surface area contributed by atoms with Crippen molar-refractivity contribution in [3.05, 3.63) is 12.2 Å². The molecule has 0 aromatic rings. The summed E-state index contributed by atoms with van der Waals surface area (Å²) in [7, 11) is 3.55. The maximum absolute atomic E-state index is 3.55. The van der Waals surface area contributed by atoms with Gasteiger partial charge in [0.25, 0.3) is 0 Å². The molecule has 3 heteroatoms. The number of nitrogens with zero attached hydrogens (tertiary/aromatic N) is 2. The largest absolute Gasteiger partial charge is 0.285 e. The van der Waals surface area contributed by atoms with Gasteiger partial charge < -0.3 is 0 Å².